The number of hydrogen-bond donors (Lipinski definition) is 2. The molecule has 3 aromatic heterocycles. The Hall–Kier alpha value is -3.17. The Bertz CT molecular complexity index is 973. The molecule has 3 heterocycles. The smallest absolute Gasteiger partial charge is 0.347 e. The first-order valence-corrected chi connectivity index (χ1v) is 8.00. The molecule has 0 fully saturated rings. The van der Waals surface area contributed by atoms with Gasteiger partial charge in [-0.15, -0.1) is 0 Å². The molecule has 0 aliphatic carbocycles. The van der Waals surface area contributed by atoms with Crippen molar-refractivity contribution in [2.24, 2.45) is 0 Å². The number of pyridine rings is 1. The number of alkyl halides is 3. The monoisotopic (exact) mass is 378 g/mol. The van der Waals surface area contributed by atoms with Gasteiger partial charge in [-0.05, 0) is 39.0 Å². The summed E-state index contributed by atoms with van der Waals surface area (Å²) in [6.45, 7) is 5.57. The molecule has 0 saturated heterocycles. The number of rotatable bonds is 3. The molecule has 0 radical (unpaired) electrons. The Morgan fingerprint density at radius 1 is 1.11 bits per heavy atom. The summed E-state index contributed by atoms with van der Waals surface area (Å²) in [4.78, 5) is 20.1. The van der Waals surface area contributed by atoms with Crippen molar-refractivity contribution < 1.29 is 18.0 Å². The maximum absolute atomic E-state index is 12.6. The van der Waals surface area contributed by atoms with Crippen molar-refractivity contribution in [2.45, 2.75) is 32.5 Å². The van der Waals surface area contributed by atoms with Crippen LogP contribution in [0.3, 0.4) is 0 Å². The van der Waals surface area contributed by atoms with Crippen LogP contribution in [0, 0.1) is 0 Å². The van der Waals surface area contributed by atoms with Gasteiger partial charge in [-0.2, -0.15) is 18.3 Å². The van der Waals surface area contributed by atoms with Gasteiger partial charge in [-0.25, -0.2) is 14.5 Å². The predicted octanol–water partition coefficient (Wildman–Crippen LogP) is 3.42. The molecule has 1 amide bonds. The highest BCUT2D eigenvalue weighted by Gasteiger charge is 2.32. The number of hydrogen-bond acceptors (Lipinski definition) is 5. The Morgan fingerprint density at radius 3 is 2.44 bits per heavy atom. The number of nitrogens with zero attached hydrogens (tertiary/aromatic N) is 4. The highest BCUT2D eigenvalue weighted by atomic mass is 19.4. The third-order valence-corrected chi connectivity index (χ3v) is 3.43. The van der Waals surface area contributed by atoms with Gasteiger partial charge >= 0.3 is 6.18 Å². The van der Waals surface area contributed by atoms with Crippen LogP contribution in [0.25, 0.3) is 5.65 Å². The van der Waals surface area contributed by atoms with E-state index in [-0.39, 0.29) is 5.91 Å². The van der Waals surface area contributed by atoms with E-state index in [0.717, 1.165) is 12.3 Å². The molecular weight excluding hydrogens is 361 g/mol. The summed E-state index contributed by atoms with van der Waals surface area (Å²) in [5.74, 6) is 0.0210. The van der Waals surface area contributed by atoms with Gasteiger partial charge in [0.1, 0.15) is 17.1 Å². The van der Waals surface area contributed by atoms with Crippen molar-refractivity contribution in [2.75, 3.05) is 5.32 Å². The molecule has 0 unspecified atom stereocenters. The Morgan fingerprint density at radius 2 is 1.85 bits per heavy atom. The predicted molar refractivity (Wildman–Crippen MR) is 92.7 cm³/mol. The lowest BCUT2D eigenvalue weighted by atomic mass is 10.1. The number of carbonyl (C=O) groups excluding carboxylic acids is 1. The number of aromatic nitrogens is 4. The maximum atomic E-state index is 12.6. The molecule has 0 atom stereocenters. The zero-order valence-electron chi connectivity index (χ0n) is 14.8. The van der Waals surface area contributed by atoms with Crippen LogP contribution in [-0.2, 0) is 6.18 Å². The number of halogens is 3. The van der Waals surface area contributed by atoms with E-state index in [4.69, 9.17) is 0 Å². The normalized spacial score (nSPS) is 12.2. The minimum absolute atomic E-state index is 0.291. The molecule has 0 spiro atoms. The number of anilines is 2. The fraction of sp³-hybridized carbons (Fsp3) is 0.294. The van der Waals surface area contributed by atoms with Crippen LogP contribution in [0.4, 0.5) is 24.7 Å². The van der Waals surface area contributed by atoms with Crippen LogP contribution >= 0.6 is 0 Å². The van der Waals surface area contributed by atoms with Crippen LogP contribution in [0.2, 0.25) is 0 Å². The summed E-state index contributed by atoms with van der Waals surface area (Å²) in [5.41, 5.74) is -0.457. The second kappa shape index (κ2) is 6.53. The van der Waals surface area contributed by atoms with Crippen LogP contribution in [0.1, 0.15) is 36.8 Å². The largest absolute Gasteiger partial charge is 0.433 e. The SMILES string of the molecule is CC(C)(C)NC(=O)c1cnn2ccc(Nc3ccc(C(F)(F)F)nc3)nc12. The topological polar surface area (TPSA) is 84.2 Å². The van der Waals surface area contributed by atoms with Gasteiger partial charge in [0.25, 0.3) is 5.91 Å². The molecule has 0 bridgehead atoms. The lowest BCUT2D eigenvalue weighted by molar-refractivity contribution is -0.141. The Labute approximate surface area is 152 Å². The molecule has 0 saturated carbocycles. The summed E-state index contributed by atoms with van der Waals surface area (Å²) < 4.78 is 39.2. The molecule has 7 nitrogen and oxygen atoms in total. The first-order chi connectivity index (χ1) is 12.5. The zero-order chi connectivity index (χ0) is 19.8. The van der Waals surface area contributed by atoms with Gasteiger partial charge in [0, 0.05) is 11.7 Å². The average Bonchev–Trinajstić information content (AvgIpc) is 2.96. The summed E-state index contributed by atoms with van der Waals surface area (Å²) >= 11 is 0. The van der Waals surface area contributed by atoms with Crippen molar-refractivity contribution in [3.8, 4) is 0 Å². The molecule has 2 N–H and O–H groups in total. The van der Waals surface area contributed by atoms with Gasteiger partial charge in [-0.3, -0.25) is 4.79 Å². The second-order valence-electron chi connectivity index (χ2n) is 6.90. The van der Waals surface area contributed by atoms with E-state index in [9.17, 15) is 18.0 Å². The van der Waals surface area contributed by atoms with Crippen molar-refractivity contribution in [3.63, 3.8) is 0 Å². The first-order valence-electron chi connectivity index (χ1n) is 8.00. The standard InChI is InChI=1S/C17H17F3N6O/c1-16(2,3)25-15(27)11-9-22-26-7-6-13(24-14(11)26)23-10-4-5-12(21-8-10)17(18,19)20/h4-9H,1-3H3,(H,23,24)(H,25,27). The van der Waals surface area contributed by atoms with E-state index in [1.165, 1.54) is 16.8 Å². The second-order valence-corrected chi connectivity index (χ2v) is 6.90. The van der Waals surface area contributed by atoms with Gasteiger partial charge in [0.2, 0.25) is 0 Å². The summed E-state index contributed by atoms with van der Waals surface area (Å²) in [6.07, 6.45) is -0.427. The summed E-state index contributed by atoms with van der Waals surface area (Å²) in [5, 5.41) is 9.78. The lowest BCUT2D eigenvalue weighted by Crippen LogP contribution is -2.40. The van der Waals surface area contributed by atoms with E-state index in [1.807, 2.05) is 20.8 Å². The fourth-order valence-electron chi connectivity index (χ4n) is 2.29. The van der Waals surface area contributed by atoms with Gasteiger partial charge in [0.05, 0.1) is 18.1 Å². The van der Waals surface area contributed by atoms with E-state index in [0.29, 0.717) is 22.7 Å². The minimum Gasteiger partial charge on any atom is -0.347 e. The van der Waals surface area contributed by atoms with Crippen LogP contribution < -0.4 is 10.6 Å². The van der Waals surface area contributed by atoms with Gasteiger partial charge in [-0.1, -0.05) is 0 Å². The van der Waals surface area contributed by atoms with E-state index in [2.05, 4.69) is 25.7 Å². The number of amides is 1. The average molecular weight is 378 g/mol. The van der Waals surface area contributed by atoms with Crippen LogP contribution in [0.15, 0.2) is 36.8 Å². The third-order valence-electron chi connectivity index (χ3n) is 3.43. The highest BCUT2D eigenvalue weighted by Crippen LogP contribution is 2.28. The van der Waals surface area contributed by atoms with E-state index < -0.39 is 17.4 Å². The molecule has 27 heavy (non-hydrogen) atoms. The van der Waals surface area contributed by atoms with Gasteiger partial charge < -0.3 is 10.6 Å². The van der Waals surface area contributed by atoms with Crippen molar-refractivity contribution in [1.82, 2.24) is 24.9 Å². The minimum atomic E-state index is -4.50. The van der Waals surface area contributed by atoms with Crippen LogP contribution in [-0.4, -0.2) is 31.0 Å². The quantitative estimate of drug-likeness (QED) is 0.730. The summed E-state index contributed by atoms with van der Waals surface area (Å²) in [7, 11) is 0. The van der Waals surface area contributed by atoms with Crippen molar-refractivity contribution in [3.05, 3.63) is 48.0 Å². The fourth-order valence-corrected chi connectivity index (χ4v) is 2.29. The molecule has 0 aliphatic rings. The van der Waals surface area contributed by atoms with Crippen molar-refractivity contribution >= 4 is 23.1 Å². The summed E-state index contributed by atoms with van der Waals surface area (Å²) in [6, 6.07) is 3.72. The van der Waals surface area contributed by atoms with Crippen LogP contribution in [0.5, 0.6) is 0 Å². The molecule has 142 valence electrons. The van der Waals surface area contributed by atoms with E-state index >= 15 is 0 Å². The zero-order valence-corrected chi connectivity index (χ0v) is 14.8. The highest BCUT2D eigenvalue weighted by molar-refractivity contribution is 6.00. The number of carbonyl (C=O) groups is 1. The molecule has 3 aromatic rings. The van der Waals surface area contributed by atoms with Gasteiger partial charge in [0.15, 0.2) is 5.65 Å². The molecule has 3 rings (SSSR count). The Balaban J connectivity index is 1.86. The molecule has 0 aromatic carbocycles. The van der Waals surface area contributed by atoms with E-state index in [1.54, 1.807) is 12.3 Å². The third kappa shape index (κ3) is 4.33. The number of fused-ring (bicyclic) bond motifs is 1. The Kier molecular flexibility index (Phi) is 4.50. The first kappa shape index (κ1) is 18.6. The van der Waals surface area contributed by atoms with Crippen molar-refractivity contribution in [1.29, 1.82) is 0 Å². The molecule has 10 heteroatoms. The molecular formula is C17H17F3N6O. The number of nitrogens with one attached hydrogen (secondary N) is 2. The maximum Gasteiger partial charge on any atom is 0.433 e. The lowest BCUT2D eigenvalue weighted by Gasteiger charge is -2.19. The molecule has 0 aliphatic heterocycles.